The molecular weight excluding hydrogens is 407 g/mol. The van der Waals surface area contributed by atoms with E-state index in [1.807, 2.05) is 17.5 Å². The summed E-state index contributed by atoms with van der Waals surface area (Å²) in [5.41, 5.74) is 4.67. The van der Waals surface area contributed by atoms with Gasteiger partial charge in [-0.05, 0) is 42.0 Å². The van der Waals surface area contributed by atoms with Crippen molar-refractivity contribution in [3.8, 4) is 5.69 Å². The quantitative estimate of drug-likeness (QED) is 0.366. The molecule has 2 aromatic carbocycles. The molecule has 1 aliphatic rings. The summed E-state index contributed by atoms with van der Waals surface area (Å²) in [7, 11) is 0. The standard InChI is InChI=1S/C20H14Cl2N2S.ClH/c21-15-3-1-4-17-14(15)10-23-20(18-5-2-8-24(17)18)12-6-7-19-13(9-12)16(22)11-25-19;/h1-9,11,20,23H,10H2;1H. The SMILES string of the molecule is Cl.Clc1cccc2c1CNC(c1ccc3scc(Cl)c3c1)c1cccn1-2. The number of nitrogens with one attached hydrogen (secondary N) is 1. The summed E-state index contributed by atoms with van der Waals surface area (Å²) in [4.78, 5) is 0. The molecule has 3 heterocycles. The average Bonchev–Trinajstić information content (AvgIpc) is 3.20. The average molecular weight is 422 g/mol. The molecule has 0 spiro atoms. The number of benzene rings is 2. The Morgan fingerprint density at radius 1 is 1.04 bits per heavy atom. The summed E-state index contributed by atoms with van der Waals surface area (Å²) in [5, 5.41) is 8.39. The summed E-state index contributed by atoms with van der Waals surface area (Å²) < 4.78 is 3.44. The number of fused-ring (bicyclic) bond motifs is 4. The molecule has 5 rings (SSSR count). The monoisotopic (exact) mass is 420 g/mol. The summed E-state index contributed by atoms with van der Waals surface area (Å²) in [5.74, 6) is 0. The van der Waals surface area contributed by atoms with Crippen molar-refractivity contribution in [3.63, 3.8) is 0 Å². The van der Waals surface area contributed by atoms with Crippen LogP contribution >= 0.6 is 46.9 Å². The van der Waals surface area contributed by atoms with Gasteiger partial charge in [-0.2, -0.15) is 0 Å². The van der Waals surface area contributed by atoms with Gasteiger partial charge in [0.15, 0.2) is 0 Å². The van der Waals surface area contributed by atoms with Crippen molar-refractivity contribution in [2.24, 2.45) is 0 Å². The van der Waals surface area contributed by atoms with E-state index in [1.165, 1.54) is 16.0 Å². The van der Waals surface area contributed by atoms with Gasteiger partial charge in [0.25, 0.3) is 0 Å². The Morgan fingerprint density at radius 2 is 1.92 bits per heavy atom. The first-order chi connectivity index (χ1) is 12.2. The zero-order valence-corrected chi connectivity index (χ0v) is 16.7. The molecule has 6 heteroatoms. The minimum absolute atomic E-state index is 0. The molecule has 0 radical (unpaired) electrons. The van der Waals surface area contributed by atoms with E-state index < -0.39 is 0 Å². The molecule has 4 aromatic rings. The van der Waals surface area contributed by atoms with Gasteiger partial charge in [0.05, 0.1) is 16.8 Å². The largest absolute Gasteiger partial charge is 0.319 e. The highest BCUT2D eigenvalue weighted by atomic mass is 35.5. The van der Waals surface area contributed by atoms with Crippen LogP contribution in [-0.4, -0.2) is 4.57 Å². The molecule has 1 unspecified atom stereocenters. The maximum Gasteiger partial charge on any atom is 0.0737 e. The molecule has 0 fully saturated rings. The number of halogens is 3. The van der Waals surface area contributed by atoms with E-state index in [9.17, 15) is 0 Å². The van der Waals surface area contributed by atoms with Crippen LogP contribution in [0, 0.1) is 0 Å². The van der Waals surface area contributed by atoms with E-state index in [4.69, 9.17) is 23.2 Å². The number of rotatable bonds is 1. The van der Waals surface area contributed by atoms with Gasteiger partial charge < -0.3 is 9.88 Å². The van der Waals surface area contributed by atoms with Gasteiger partial charge in [-0.15, -0.1) is 23.7 Å². The van der Waals surface area contributed by atoms with Gasteiger partial charge in [0.2, 0.25) is 0 Å². The Balaban J connectivity index is 0.00000168. The number of hydrogen-bond acceptors (Lipinski definition) is 2. The fraction of sp³-hybridized carbons (Fsp3) is 0.100. The number of aromatic nitrogens is 1. The maximum atomic E-state index is 6.46. The van der Waals surface area contributed by atoms with Crippen molar-refractivity contribution in [3.05, 3.63) is 87.0 Å². The maximum absolute atomic E-state index is 6.46. The van der Waals surface area contributed by atoms with E-state index in [0.29, 0.717) is 0 Å². The molecule has 1 aliphatic heterocycles. The van der Waals surface area contributed by atoms with E-state index in [2.05, 4.69) is 52.5 Å². The minimum Gasteiger partial charge on any atom is -0.319 e. The van der Waals surface area contributed by atoms with Crippen molar-refractivity contribution < 1.29 is 0 Å². The van der Waals surface area contributed by atoms with Gasteiger partial charge in [0, 0.05) is 44.5 Å². The summed E-state index contributed by atoms with van der Waals surface area (Å²) in [6.07, 6.45) is 2.10. The zero-order valence-electron chi connectivity index (χ0n) is 13.6. The summed E-state index contributed by atoms with van der Waals surface area (Å²) in [6.45, 7) is 0.719. The highest BCUT2D eigenvalue weighted by molar-refractivity contribution is 7.17. The molecule has 0 amide bonds. The van der Waals surface area contributed by atoms with Crippen LogP contribution in [0.5, 0.6) is 0 Å². The van der Waals surface area contributed by atoms with Crippen molar-refractivity contribution in [1.29, 1.82) is 0 Å². The molecule has 0 saturated heterocycles. The third-order valence-electron chi connectivity index (χ3n) is 4.80. The van der Waals surface area contributed by atoms with Crippen LogP contribution in [0.4, 0.5) is 0 Å². The molecule has 0 bridgehead atoms. The molecular formula is C20H15Cl3N2S. The fourth-order valence-electron chi connectivity index (χ4n) is 3.59. The predicted octanol–water partition coefficient (Wildman–Crippen LogP) is 6.61. The first kappa shape index (κ1) is 17.9. The number of thiophene rings is 1. The Hall–Kier alpha value is -1.49. The topological polar surface area (TPSA) is 17.0 Å². The molecule has 2 aromatic heterocycles. The van der Waals surface area contributed by atoms with Crippen molar-refractivity contribution in [2.45, 2.75) is 12.6 Å². The zero-order chi connectivity index (χ0) is 17.0. The third-order valence-corrected chi connectivity index (χ3v) is 6.56. The Morgan fingerprint density at radius 3 is 2.81 bits per heavy atom. The summed E-state index contributed by atoms with van der Waals surface area (Å²) >= 11 is 14.5. The van der Waals surface area contributed by atoms with Crippen molar-refractivity contribution in [1.82, 2.24) is 9.88 Å². The second-order valence-electron chi connectivity index (χ2n) is 6.19. The normalized spacial score (nSPS) is 15.8. The smallest absolute Gasteiger partial charge is 0.0737 e. The molecule has 26 heavy (non-hydrogen) atoms. The van der Waals surface area contributed by atoms with E-state index in [0.717, 1.165) is 33.2 Å². The highest BCUT2D eigenvalue weighted by Crippen LogP contribution is 2.36. The second-order valence-corrected chi connectivity index (χ2v) is 7.92. The number of hydrogen-bond donors (Lipinski definition) is 1. The molecule has 2 nitrogen and oxygen atoms in total. The Bertz CT molecular complexity index is 1100. The molecule has 0 aliphatic carbocycles. The number of nitrogens with zero attached hydrogens (tertiary/aromatic N) is 1. The lowest BCUT2D eigenvalue weighted by Crippen LogP contribution is -2.21. The van der Waals surface area contributed by atoms with E-state index >= 15 is 0 Å². The fourth-order valence-corrected chi connectivity index (χ4v) is 4.97. The lowest BCUT2D eigenvalue weighted by molar-refractivity contribution is 0.601. The van der Waals surface area contributed by atoms with Gasteiger partial charge >= 0.3 is 0 Å². The van der Waals surface area contributed by atoms with Crippen molar-refractivity contribution in [2.75, 3.05) is 0 Å². The highest BCUT2D eigenvalue weighted by Gasteiger charge is 2.24. The van der Waals surface area contributed by atoms with E-state index in [-0.39, 0.29) is 18.4 Å². The van der Waals surface area contributed by atoms with Gasteiger partial charge in [0.1, 0.15) is 0 Å². The first-order valence-corrected chi connectivity index (χ1v) is 9.71. The third kappa shape index (κ3) is 2.75. The van der Waals surface area contributed by atoms with Crippen LogP contribution in [0.2, 0.25) is 10.0 Å². The van der Waals surface area contributed by atoms with Crippen LogP contribution < -0.4 is 5.32 Å². The Kier molecular flexibility index (Phi) is 4.76. The molecule has 1 atom stereocenters. The lowest BCUT2D eigenvalue weighted by atomic mass is 10.0. The predicted molar refractivity (Wildman–Crippen MR) is 114 cm³/mol. The van der Waals surface area contributed by atoms with Crippen molar-refractivity contribution >= 4 is 57.0 Å². The summed E-state index contributed by atoms with van der Waals surface area (Å²) in [6, 6.07) is 16.9. The molecule has 0 saturated carbocycles. The first-order valence-electron chi connectivity index (χ1n) is 8.07. The second kappa shape index (κ2) is 6.91. The van der Waals surface area contributed by atoms with Gasteiger partial charge in [-0.1, -0.05) is 35.3 Å². The lowest BCUT2D eigenvalue weighted by Gasteiger charge is -2.18. The molecule has 132 valence electrons. The van der Waals surface area contributed by atoms with Crippen LogP contribution in [0.3, 0.4) is 0 Å². The van der Waals surface area contributed by atoms with Crippen LogP contribution in [0.15, 0.2) is 60.1 Å². The van der Waals surface area contributed by atoms with Gasteiger partial charge in [-0.3, -0.25) is 0 Å². The van der Waals surface area contributed by atoms with Crippen LogP contribution in [-0.2, 0) is 6.54 Å². The minimum atomic E-state index is 0. The van der Waals surface area contributed by atoms with E-state index in [1.54, 1.807) is 11.3 Å². The molecule has 1 N–H and O–H groups in total. The van der Waals surface area contributed by atoms with Crippen LogP contribution in [0.25, 0.3) is 15.8 Å². The Labute approximate surface area is 171 Å². The van der Waals surface area contributed by atoms with Crippen LogP contribution in [0.1, 0.15) is 22.9 Å². The van der Waals surface area contributed by atoms with Gasteiger partial charge in [-0.25, -0.2) is 0 Å².